The maximum Gasteiger partial charge on any atom is 0.417 e. The minimum absolute atomic E-state index is 0.0778. The van der Waals surface area contributed by atoms with Crippen LogP contribution < -0.4 is 10.6 Å². The minimum Gasteiger partial charge on any atom is -0.367 e. The highest BCUT2D eigenvalue weighted by molar-refractivity contribution is 7.89. The zero-order valence-corrected chi connectivity index (χ0v) is 16.2. The van der Waals surface area contributed by atoms with E-state index in [1.807, 2.05) is 0 Å². The highest BCUT2D eigenvalue weighted by Crippen LogP contribution is 2.32. The van der Waals surface area contributed by atoms with Crippen LogP contribution in [-0.4, -0.2) is 38.7 Å². The molecule has 0 atom stereocenters. The number of amides is 1. The van der Waals surface area contributed by atoms with Crippen molar-refractivity contribution >= 4 is 33.2 Å². The van der Waals surface area contributed by atoms with Crippen LogP contribution in [0.2, 0.25) is 5.02 Å². The molecule has 152 valence electrons. The van der Waals surface area contributed by atoms with Crippen LogP contribution in [0.3, 0.4) is 0 Å². The number of rotatable bonds is 7. The number of sulfone groups is 1. The molecule has 0 radical (unpaired) electrons. The van der Waals surface area contributed by atoms with Crippen molar-refractivity contribution in [2.75, 3.05) is 24.7 Å². The molecule has 28 heavy (non-hydrogen) atoms. The Balaban J connectivity index is 1.84. The van der Waals surface area contributed by atoms with Crippen molar-refractivity contribution in [1.29, 1.82) is 0 Å². The van der Waals surface area contributed by atoms with Crippen LogP contribution in [0.15, 0.2) is 36.5 Å². The van der Waals surface area contributed by atoms with Crippen molar-refractivity contribution < 1.29 is 26.4 Å². The number of carbonyl (C=O) groups is 1. The lowest BCUT2D eigenvalue weighted by molar-refractivity contribution is -0.137. The third-order valence-corrected chi connectivity index (χ3v) is 4.66. The molecule has 0 spiro atoms. The molecule has 0 aliphatic rings. The number of aromatic nitrogens is 1. The molecule has 0 fully saturated rings. The Kier molecular flexibility index (Phi) is 6.89. The molecular formula is C17H17ClF3N3O3S. The topological polar surface area (TPSA) is 88.2 Å². The predicted molar refractivity (Wildman–Crippen MR) is 100 cm³/mol. The molecule has 0 bridgehead atoms. The molecule has 0 aliphatic heterocycles. The lowest BCUT2D eigenvalue weighted by Gasteiger charge is -2.11. The average Bonchev–Trinajstić information content (AvgIpc) is 2.58. The van der Waals surface area contributed by atoms with Crippen LogP contribution in [0.5, 0.6) is 0 Å². The third kappa shape index (κ3) is 6.68. The number of carbonyl (C=O) groups excluding carboxylic acids is 1. The average molecular weight is 436 g/mol. The van der Waals surface area contributed by atoms with E-state index in [1.165, 1.54) is 12.1 Å². The summed E-state index contributed by atoms with van der Waals surface area (Å²) in [6, 6.07) is 6.91. The van der Waals surface area contributed by atoms with Gasteiger partial charge < -0.3 is 10.6 Å². The van der Waals surface area contributed by atoms with Crippen molar-refractivity contribution in [2.45, 2.75) is 11.9 Å². The molecule has 0 unspecified atom stereocenters. The maximum absolute atomic E-state index is 12.6. The number of alkyl halides is 3. The Bertz CT molecular complexity index is 948. The fourth-order valence-corrected chi connectivity index (χ4v) is 3.27. The quantitative estimate of drug-likeness (QED) is 0.652. The standard InChI is InChI=1S/C17H17ClF3N3O3S/c1-28(26,27)10-11-2-4-12(5-3-11)16(25)23-7-6-22-15-14(18)8-13(9-24-15)17(19,20)21/h2-5,8-9H,6-7,10H2,1H3,(H,22,24)(H,23,25). The van der Waals surface area contributed by atoms with Crippen molar-refractivity contribution in [1.82, 2.24) is 10.3 Å². The molecule has 0 saturated carbocycles. The SMILES string of the molecule is CS(=O)(=O)Cc1ccc(C(=O)NCCNc2ncc(C(F)(F)F)cc2Cl)cc1. The highest BCUT2D eigenvalue weighted by atomic mass is 35.5. The molecule has 2 N–H and O–H groups in total. The molecule has 0 aliphatic carbocycles. The van der Waals surface area contributed by atoms with E-state index in [2.05, 4.69) is 15.6 Å². The second-order valence-corrected chi connectivity index (χ2v) is 8.55. The van der Waals surface area contributed by atoms with Gasteiger partial charge >= 0.3 is 6.18 Å². The fourth-order valence-electron chi connectivity index (χ4n) is 2.24. The Morgan fingerprint density at radius 1 is 1.18 bits per heavy atom. The first kappa shape index (κ1) is 22.0. The van der Waals surface area contributed by atoms with Gasteiger partial charge in [-0.05, 0) is 23.8 Å². The van der Waals surface area contributed by atoms with Crippen LogP contribution in [0.4, 0.5) is 19.0 Å². The smallest absolute Gasteiger partial charge is 0.367 e. The van der Waals surface area contributed by atoms with E-state index < -0.39 is 21.6 Å². The zero-order chi connectivity index (χ0) is 20.9. The van der Waals surface area contributed by atoms with Crippen LogP contribution in [0.25, 0.3) is 0 Å². The van der Waals surface area contributed by atoms with Crippen molar-refractivity contribution in [2.24, 2.45) is 0 Å². The lowest BCUT2D eigenvalue weighted by Crippen LogP contribution is -2.29. The van der Waals surface area contributed by atoms with Gasteiger partial charge in [0.25, 0.3) is 5.91 Å². The minimum atomic E-state index is -4.53. The second-order valence-electron chi connectivity index (χ2n) is 6.00. The van der Waals surface area contributed by atoms with Crippen LogP contribution in [-0.2, 0) is 21.8 Å². The normalized spacial score (nSPS) is 11.9. The number of anilines is 1. The van der Waals surface area contributed by atoms with E-state index >= 15 is 0 Å². The molecule has 6 nitrogen and oxygen atoms in total. The number of hydrogen-bond acceptors (Lipinski definition) is 5. The highest BCUT2D eigenvalue weighted by Gasteiger charge is 2.31. The van der Waals surface area contributed by atoms with E-state index in [1.54, 1.807) is 12.1 Å². The molecular weight excluding hydrogens is 419 g/mol. The van der Waals surface area contributed by atoms with E-state index in [-0.39, 0.29) is 35.6 Å². The summed E-state index contributed by atoms with van der Waals surface area (Å²) >= 11 is 5.78. The van der Waals surface area contributed by atoms with Gasteiger partial charge in [0.05, 0.1) is 16.3 Å². The molecule has 1 amide bonds. The fraction of sp³-hybridized carbons (Fsp3) is 0.294. The van der Waals surface area contributed by atoms with Gasteiger partial charge in [0.2, 0.25) is 0 Å². The number of pyridine rings is 1. The summed E-state index contributed by atoms with van der Waals surface area (Å²) in [5.74, 6) is -0.409. The second kappa shape index (κ2) is 8.78. The summed E-state index contributed by atoms with van der Waals surface area (Å²) in [5, 5.41) is 5.18. The van der Waals surface area contributed by atoms with Crippen LogP contribution >= 0.6 is 11.6 Å². The van der Waals surface area contributed by atoms with E-state index in [0.29, 0.717) is 17.3 Å². The summed E-state index contributed by atoms with van der Waals surface area (Å²) in [6.45, 7) is 0.360. The number of hydrogen-bond donors (Lipinski definition) is 2. The van der Waals surface area contributed by atoms with Crippen molar-refractivity contribution in [3.8, 4) is 0 Å². The number of nitrogens with zero attached hydrogens (tertiary/aromatic N) is 1. The van der Waals surface area contributed by atoms with Gasteiger partial charge in [-0.25, -0.2) is 13.4 Å². The van der Waals surface area contributed by atoms with E-state index in [4.69, 9.17) is 11.6 Å². The molecule has 0 saturated heterocycles. The van der Waals surface area contributed by atoms with E-state index in [9.17, 15) is 26.4 Å². The lowest BCUT2D eigenvalue weighted by atomic mass is 10.1. The summed E-state index contributed by atoms with van der Waals surface area (Å²) in [6.07, 6.45) is -2.73. The first-order valence-corrected chi connectivity index (χ1v) is 10.4. The monoisotopic (exact) mass is 435 g/mol. The van der Waals surface area contributed by atoms with E-state index in [0.717, 1.165) is 12.3 Å². The molecule has 1 heterocycles. The summed E-state index contributed by atoms with van der Waals surface area (Å²) in [7, 11) is -3.16. The molecule has 2 rings (SSSR count). The Morgan fingerprint density at radius 2 is 1.82 bits per heavy atom. The molecule has 1 aromatic carbocycles. The first-order valence-electron chi connectivity index (χ1n) is 7.97. The van der Waals surface area contributed by atoms with Crippen molar-refractivity contribution in [3.63, 3.8) is 0 Å². The zero-order valence-electron chi connectivity index (χ0n) is 14.7. The molecule has 1 aromatic heterocycles. The first-order chi connectivity index (χ1) is 13.0. The van der Waals surface area contributed by atoms with Crippen LogP contribution in [0, 0.1) is 0 Å². The van der Waals surface area contributed by atoms with Gasteiger partial charge in [-0.3, -0.25) is 4.79 Å². The predicted octanol–water partition coefficient (Wildman–Crippen LogP) is 3.14. The van der Waals surface area contributed by atoms with Gasteiger partial charge in [0, 0.05) is 31.1 Å². The van der Waals surface area contributed by atoms with Gasteiger partial charge in [-0.2, -0.15) is 13.2 Å². The molecule has 11 heteroatoms. The Morgan fingerprint density at radius 3 is 2.36 bits per heavy atom. The largest absolute Gasteiger partial charge is 0.417 e. The maximum atomic E-state index is 12.6. The summed E-state index contributed by atoms with van der Waals surface area (Å²) < 4.78 is 60.2. The van der Waals surface area contributed by atoms with Gasteiger partial charge in [-0.1, -0.05) is 23.7 Å². The van der Waals surface area contributed by atoms with Gasteiger partial charge in [0.15, 0.2) is 9.84 Å². The molecule has 2 aromatic rings. The Hall–Kier alpha value is -2.33. The number of halogens is 4. The van der Waals surface area contributed by atoms with Crippen molar-refractivity contribution in [3.05, 3.63) is 58.2 Å². The summed E-state index contributed by atoms with van der Waals surface area (Å²) in [5.41, 5.74) is -0.0256. The third-order valence-electron chi connectivity index (χ3n) is 3.52. The number of benzene rings is 1. The number of nitrogens with one attached hydrogen (secondary N) is 2. The van der Waals surface area contributed by atoms with Gasteiger partial charge in [-0.15, -0.1) is 0 Å². The van der Waals surface area contributed by atoms with Gasteiger partial charge in [0.1, 0.15) is 5.82 Å². The van der Waals surface area contributed by atoms with Crippen LogP contribution in [0.1, 0.15) is 21.5 Å². The summed E-state index contributed by atoms with van der Waals surface area (Å²) in [4.78, 5) is 15.7. The Labute approximate surface area is 165 Å².